The second-order valence-corrected chi connectivity index (χ2v) is 6.02. The number of nitrogens with zero attached hydrogens (tertiary/aromatic N) is 4. The van der Waals surface area contributed by atoms with E-state index >= 15 is 0 Å². The minimum absolute atomic E-state index is 0.286. The van der Waals surface area contributed by atoms with Crippen LogP contribution in [0.1, 0.15) is 11.1 Å². The first-order chi connectivity index (χ1) is 11.9. The smallest absolute Gasteiger partial charge is 0.332 e. The molecular formula is C17H19N5O3. The van der Waals surface area contributed by atoms with E-state index in [1.165, 1.54) is 22.5 Å². The molecule has 25 heavy (non-hydrogen) atoms. The van der Waals surface area contributed by atoms with Crippen molar-refractivity contribution in [3.63, 3.8) is 0 Å². The Labute approximate surface area is 143 Å². The molecule has 0 spiro atoms. The first kappa shape index (κ1) is 16.7. The number of benzene rings is 1. The number of rotatable bonds is 4. The van der Waals surface area contributed by atoms with E-state index in [2.05, 4.69) is 10.3 Å². The van der Waals surface area contributed by atoms with Crippen LogP contribution < -0.4 is 16.6 Å². The van der Waals surface area contributed by atoms with Gasteiger partial charge in [-0.15, -0.1) is 0 Å². The Morgan fingerprint density at radius 2 is 1.84 bits per heavy atom. The first-order valence-electron chi connectivity index (χ1n) is 7.81. The predicted molar refractivity (Wildman–Crippen MR) is 93.2 cm³/mol. The Kier molecular flexibility index (Phi) is 4.26. The van der Waals surface area contributed by atoms with Crippen molar-refractivity contribution in [1.29, 1.82) is 0 Å². The van der Waals surface area contributed by atoms with Crippen molar-refractivity contribution in [3.8, 4) is 0 Å². The second kappa shape index (κ2) is 6.39. The van der Waals surface area contributed by atoms with Crippen molar-refractivity contribution < 1.29 is 4.79 Å². The van der Waals surface area contributed by atoms with Crippen LogP contribution in [0.2, 0.25) is 0 Å². The van der Waals surface area contributed by atoms with E-state index in [0.717, 1.165) is 15.7 Å². The average molecular weight is 341 g/mol. The quantitative estimate of drug-likeness (QED) is 0.726. The Balaban J connectivity index is 1.84. The molecule has 0 atom stereocenters. The molecule has 0 saturated carbocycles. The lowest BCUT2D eigenvalue weighted by molar-refractivity contribution is -0.121. The Morgan fingerprint density at radius 3 is 2.52 bits per heavy atom. The number of carbonyl (C=O) groups excluding carboxylic acids is 1. The SMILES string of the molecule is Cc1ccc(CNC(=O)Cn2c(=O)c3c(ncn3C)n(C)c2=O)cc1. The zero-order chi connectivity index (χ0) is 18.1. The summed E-state index contributed by atoms with van der Waals surface area (Å²) in [6, 6.07) is 7.75. The van der Waals surface area contributed by atoms with Gasteiger partial charge in [-0.05, 0) is 12.5 Å². The van der Waals surface area contributed by atoms with Crippen LogP contribution in [0.4, 0.5) is 0 Å². The molecule has 0 aliphatic heterocycles. The standard InChI is InChI=1S/C17H19N5O3/c1-11-4-6-12(7-5-11)8-18-13(23)9-22-16(24)14-15(19-10-20(14)2)21(3)17(22)25/h4-7,10H,8-9H2,1-3H3,(H,18,23). The van der Waals surface area contributed by atoms with E-state index in [0.29, 0.717) is 12.2 Å². The number of fused-ring (bicyclic) bond motifs is 1. The van der Waals surface area contributed by atoms with Gasteiger partial charge in [-0.1, -0.05) is 29.8 Å². The van der Waals surface area contributed by atoms with Gasteiger partial charge < -0.3 is 9.88 Å². The third-order valence-corrected chi connectivity index (χ3v) is 4.11. The number of nitrogens with one attached hydrogen (secondary N) is 1. The maximum atomic E-state index is 12.5. The lowest BCUT2D eigenvalue weighted by atomic mass is 10.1. The van der Waals surface area contributed by atoms with Gasteiger partial charge in [-0.25, -0.2) is 14.3 Å². The molecule has 0 fully saturated rings. The van der Waals surface area contributed by atoms with Gasteiger partial charge in [0.15, 0.2) is 11.2 Å². The van der Waals surface area contributed by atoms with Crippen LogP contribution in [0.15, 0.2) is 40.2 Å². The zero-order valence-electron chi connectivity index (χ0n) is 14.3. The third kappa shape index (κ3) is 3.10. The summed E-state index contributed by atoms with van der Waals surface area (Å²) in [4.78, 5) is 41.1. The second-order valence-electron chi connectivity index (χ2n) is 6.02. The molecule has 3 rings (SSSR count). The number of carbonyl (C=O) groups is 1. The molecule has 0 unspecified atom stereocenters. The van der Waals surface area contributed by atoms with Gasteiger partial charge in [0.05, 0.1) is 6.33 Å². The molecule has 0 aliphatic rings. The van der Waals surface area contributed by atoms with E-state index < -0.39 is 17.2 Å². The Morgan fingerprint density at radius 1 is 1.16 bits per heavy atom. The molecule has 2 aromatic heterocycles. The summed E-state index contributed by atoms with van der Waals surface area (Å²) in [6.45, 7) is 1.99. The normalized spacial score (nSPS) is 11.0. The van der Waals surface area contributed by atoms with Crippen molar-refractivity contribution in [3.05, 3.63) is 62.6 Å². The van der Waals surface area contributed by atoms with Crippen molar-refractivity contribution in [2.45, 2.75) is 20.0 Å². The van der Waals surface area contributed by atoms with Crippen molar-refractivity contribution in [2.75, 3.05) is 0 Å². The van der Waals surface area contributed by atoms with Gasteiger partial charge in [-0.3, -0.25) is 14.2 Å². The summed E-state index contributed by atoms with van der Waals surface area (Å²) >= 11 is 0. The van der Waals surface area contributed by atoms with Crippen LogP contribution in [0, 0.1) is 6.92 Å². The topological polar surface area (TPSA) is 90.9 Å². The van der Waals surface area contributed by atoms with E-state index in [-0.39, 0.29) is 12.1 Å². The molecule has 0 saturated heterocycles. The maximum Gasteiger partial charge on any atom is 0.332 e. The highest BCUT2D eigenvalue weighted by molar-refractivity contribution is 5.76. The van der Waals surface area contributed by atoms with E-state index in [9.17, 15) is 14.4 Å². The molecule has 2 heterocycles. The highest BCUT2D eigenvalue weighted by atomic mass is 16.2. The van der Waals surface area contributed by atoms with Gasteiger partial charge in [0, 0.05) is 20.6 Å². The van der Waals surface area contributed by atoms with Crippen LogP contribution in [0.25, 0.3) is 11.2 Å². The highest BCUT2D eigenvalue weighted by Crippen LogP contribution is 2.04. The largest absolute Gasteiger partial charge is 0.350 e. The molecule has 1 N–H and O–H groups in total. The molecule has 0 radical (unpaired) electrons. The summed E-state index contributed by atoms with van der Waals surface area (Å²) in [6.07, 6.45) is 1.47. The number of aromatic nitrogens is 4. The van der Waals surface area contributed by atoms with Crippen molar-refractivity contribution >= 4 is 17.1 Å². The third-order valence-electron chi connectivity index (χ3n) is 4.11. The fourth-order valence-corrected chi connectivity index (χ4v) is 2.64. The zero-order valence-corrected chi connectivity index (χ0v) is 14.3. The average Bonchev–Trinajstić information content (AvgIpc) is 2.98. The van der Waals surface area contributed by atoms with Crippen LogP contribution in [-0.2, 0) is 32.0 Å². The molecule has 1 amide bonds. The van der Waals surface area contributed by atoms with Crippen LogP contribution >= 0.6 is 0 Å². The van der Waals surface area contributed by atoms with Gasteiger partial charge in [0.2, 0.25) is 5.91 Å². The number of imidazole rings is 1. The molecular weight excluding hydrogens is 322 g/mol. The summed E-state index contributed by atoms with van der Waals surface area (Å²) in [5.74, 6) is -0.402. The number of aryl methyl sites for hydroxylation is 3. The van der Waals surface area contributed by atoms with Gasteiger partial charge >= 0.3 is 5.69 Å². The molecule has 0 aliphatic carbocycles. The fourth-order valence-electron chi connectivity index (χ4n) is 2.64. The molecule has 1 aromatic carbocycles. The van der Waals surface area contributed by atoms with Gasteiger partial charge in [0.1, 0.15) is 6.54 Å². The monoisotopic (exact) mass is 341 g/mol. The van der Waals surface area contributed by atoms with Crippen LogP contribution in [0.5, 0.6) is 0 Å². The minimum atomic E-state index is -0.568. The van der Waals surface area contributed by atoms with E-state index in [1.807, 2.05) is 31.2 Å². The van der Waals surface area contributed by atoms with Gasteiger partial charge in [-0.2, -0.15) is 0 Å². The van der Waals surface area contributed by atoms with Crippen LogP contribution in [0.3, 0.4) is 0 Å². The molecule has 0 bridgehead atoms. The number of hydrogen-bond donors (Lipinski definition) is 1. The summed E-state index contributed by atoms with van der Waals surface area (Å²) in [5.41, 5.74) is 1.57. The molecule has 8 nitrogen and oxygen atoms in total. The lowest BCUT2D eigenvalue weighted by Gasteiger charge is -2.09. The number of amides is 1. The minimum Gasteiger partial charge on any atom is -0.350 e. The molecule has 3 aromatic rings. The first-order valence-corrected chi connectivity index (χ1v) is 7.81. The van der Waals surface area contributed by atoms with E-state index in [1.54, 1.807) is 7.05 Å². The summed E-state index contributed by atoms with van der Waals surface area (Å²) in [7, 11) is 3.20. The maximum absolute atomic E-state index is 12.5. The Hall–Kier alpha value is -3.16. The summed E-state index contributed by atoms with van der Waals surface area (Å²) < 4.78 is 3.73. The Bertz CT molecular complexity index is 1060. The molecule has 130 valence electrons. The van der Waals surface area contributed by atoms with E-state index in [4.69, 9.17) is 0 Å². The molecule has 8 heteroatoms. The summed E-state index contributed by atoms with van der Waals surface area (Å²) in [5, 5.41) is 2.73. The lowest BCUT2D eigenvalue weighted by Crippen LogP contribution is -2.43. The highest BCUT2D eigenvalue weighted by Gasteiger charge is 2.16. The predicted octanol–water partition coefficient (Wildman–Crippen LogP) is 0.0585. The fraction of sp³-hybridized carbons (Fsp3) is 0.294. The number of hydrogen-bond acceptors (Lipinski definition) is 4. The van der Waals surface area contributed by atoms with Crippen molar-refractivity contribution in [2.24, 2.45) is 14.1 Å². The van der Waals surface area contributed by atoms with Crippen LogP contribution in [-0.4, -0.2) is 24.6 Å². The van der Waals surface area contributed by atoms with Gasteiger partial charge in [0.25, 0.3) is 5.56 Å². The van der Waals surface area contributed by atoms with Crippen molar-refractivity contribution in [1.82, 2.24) is 24.0 Å².